The molecule has 0 aliphatic heterocycles. The standard InChI is InChI=1S/C16H26N6O/c1-17-15-14(16(18-2)22(19-3)20-15)12-10-11(6-7-13(12)23)8-9-21(4)5/h6-7,10,18-19,23H,8-9H2,1-5H3,(H,17,20). The molecule has 4 N–H and O–H groups in total. The van der Waals surface area contributed by atoms with Gasteiger partial charge in [-0.1, -0.05) is 6.07 Å². The van der Waals surface area contributed by atoms with Crippen molar-refractivity contribution in [3.63, 3.8) is 0 Å². The van der Waals surface area contributed by atoms with Crippen LogP contribution in [0.15, 0.2) is 18.2 Å². The highest BCUT2D eigenvalue weighted by Gasteiger charge is 2.20. The summed E-state index contributed by atoms with van der Waals surface area (Å²) in [4.78, 5) is 3.79. The van der Waals surface area contributed by atoms with Gasteiger partial charge in [0.15, 0.2) is 11.6 Å². The fourth-order valence-corrected chi connectivity index (χ4v) is 2.53. The average Bonchev–Trinajstić information content (AvgIpc) is 2.91. The van der Waals surface area contributed by atoms with Crippen LogP contribution < -0.4 is 16.1 Å². The molecule has 0 fully saturated rings. The predicted molar refractivity (Wildman–Crippen MR) is 96.0 cm³/mol. The number of phenols is 1. The number of nitrogens with one attached hydrogen (secondary N) is 3. The van der Waals surface area contributed by atoms with E-state index in [2.05, 4.69) is 40.2 Å². The first-order valence-electron chi connectivity index (χ1n) is 7.65. The quantitative estimate of drug-likeness (QED) is 0.621. The van der Waals surface area contributed by atoms with E-state index in [9.17, 15) is 5.11 Å². The molecule has 0 saturated heterocycles. The number of likely N-dealkylation sites (N-methyl/N-ethyl adjacent to an activating group) is 1. The zero-order valence-electron chi connectivity index (χ0n) is 14.4. The first kappa shape index (κ1) is 17.0. The second-order valence-electron chi connectivity index (χ2n) is 5.61. The van der Waals surface area contributed by atoms with Crippen molar-refractivity contribution in [3.05, 3.63) is 23.8 Å². The third kappa shape index (κ3) is 3.50. The van der Waals surface area contributed by atoms with Crippen LogP contribution in [-0.2, 0) is 6.42 Å². The molecule has 0 bridgehead atoms. The molecule has 1 heterocycles. The van der Waals surface area contributed by atoms with Crippen molar-refractivity contribution < 1.29 is 5.11 Å². The minimum atomic E-state index is 0.238. The van der Waals surface area contributed by atoms with Gasteiger partial charge in [0.2, 0.25) is 0 Å². The molecule has 0 saturated carbocycles. The van der Waals surface area contributed by atoms with Crippen molar-refractivity contribution >= 4 is 11.6 Å². The van der Waals surface area contributed by atoms with Gasteiger partial charge in [-0.25, -0.2) is 0 Å². The predicted octanol–water partition coefficient (Wildman–Crippen LogP) is 1.62. The Morgan fingerprint density at radius 2 is 1.91 bits per heavy atom. The Balaban J connectivity index is 2.52. The van der Waals surface area contributed by atoms with Crippen LogP contribution in [0.4, 0.5) is 11.6 Å². The van der Waals surface area contributed by atoms with Gasteiger partial charge >= 0.3 is 0 Å². The molecular formula is C16H26N6O. The highest BCUT2D eigenvalue weighted by Crippen LogP contribution is 2.39. The number of anilines is 2. The van der Waals surface area contributed by atoms with Gasteiger partial charge in [0, 0.05) is 33.3 Å². The molecule has 0 unspecified atom stereocenters. The second kappa shape index (κ2) is 7.23. The maximum atomic E-state index is 10.4. The SMILES string of the molecule is CNc1nn(NC)c(NC)c1-c1cc(CCN(C)C)ccc1O. The van der Waals surface area contributed by atoms with Crippen molar-refractivity contribution in [2.75, 3.05) is 57.8 Å². The summed E-state index contributed by atoms with van der Waals surface area (Å²) in [5.74, 6) is 1.72. The number of aromatic hydroxyl groups is 1. The fourth-order valence-electron chi connectivity index (χ4n) is 2.53. The number of hydrogen-bond acceptors (Lipinski definition) is 6. The first-order valence-corrected chi connectivity index (χ1v) is 7.65. The summed E-state index contributed by atoms with van der Waals surface area (Å²) in [7, 11) is 9.55. The molecule has 7 nitrogen and oxygen atoms in total. The van der Waals surface area contributed by atoms with Crippen LogP contribution in [0.1, 0.15) is 5.56 Å². The molecule has 0 aliphatic rings. The van der Waals surface area contributed by atoms with Crippen molar-refractivity contribution in [1.29, 1.82) is 0 Å². The van der Waals surface area contributed by atoms with E-state index in [0.29, 0.717) is 5.82 Å². The van der Waals surface area contributed by atoms with Crippen molar-refractivity contribution in [3.8, 4) is 16.9 Å². The minimum Gasteiger partial charge on any atom is -0.507 e. The molecule has 2 rings (SSSR count). The van der Waals surface area contributed by atoms with Gasteiger partial charge in [0.05, 0.1) is 5.56 Å². The zero-order chi connectivity index (χ0) is 17.0. The van der Waals surface area contributed by atoms with Crippen molar-refractivity contribution in [2.24, 2.45) is 0 Å². The monoisotopic (exact) mass is 318 g/mol. The molecule has 1 aromatic heterocycles. The Hall–Kier alpha value is -2.41. The number of hydrogen-bond donors (Lipinski definition) is 4. The molecule has 7 heteroatoms. The summed E-state index contributed by atoms with van der Waals surface area (Å²) < 4.78 is 0. The first-order chi connectivity index (χ1) is 11.0. The summed E-state index contributed by atoms with van der Waals surface area (Å²) >= 11 is 0. The molecule has 1 aromatic carbocycles. The third-order valence-electron chi connectivity index (χ3n) is 3.75. The van der Waals surface area contributed by atoms with Crippen LogP contribution in [0.3, 0.4) is 0 Å². The van der Waals surface area contributed by atoms with E-state index in [4.69, 9.17) is 0 Å². The second-order valence-corrected chi connectivity index (χ2v) is 5.61. The number of rotatable bonds is 7. The number of phenolic OH excluding ortho intramolecular Hbond substituents is 1. The lowest BCUT2D eigenvalue weighted by atomic mass is 10.0. The number of aromatic nitrogens is 2. The molecule has 2 aromatic rings. The Morgan fingerprint density at radius 1 is 1.17 bits per heavy atom. The number of benzene rings is 1. The summed E-state index contributed by atoms with van der Waals surface area (Å²) in [6, 6.07) is 5.73. The smallest absolute Gasteiger partial charge is 0.160 e. The van der Waals surface area contributed by atoms with Crippen LogP contribution in [0.2, 0.25) is 0 Å². The molecule has 0 amide bonds. The highest BCUT2D eigenvalue weighted by atomic mass is 16.3. The van der Waals surface area contributed by atoms with Gasteiger partial charge in [-0.15, -0.1) is 5.10 Å². The van der Waals surface area contributed by atoms with Gasteiger partial charge in [-0.3, -0.25) is 0 Å². The van der Waals surface area contributed by atoms with Gasteiger partial charge in [-0.05, 0) is 38.2 Å². The van der Waals surface area contributed by atoms with Gasteiger partial charge in [-0.2, -0.15) is 4.79 Å². The molecule has 23 heavy (non-hydrogen) atoms. The van der Waals surface area contributed by atoms with Crippen LogP contribution in [-0.4, -0.2) is 61.7 Å². The highest BCUT2D eigenvalue weighted by molar-refractivity contribution is 5.88. The van der Waals surface area contributed by atoms with E-state index in [-0.39, 0.29) is 5.75 Å². The number of nitrogens with zero attached hydrogens (tertiary/aromatic N) is 3. The summed E-state index contributed by atoms with van der Waals surface area (Å²) in [5.41, 5.74) is 5.78. The van der Waals surface area contributed by atoms with E-state index in [1.807, 2.05) is 26.2 Å². The zero-order valence-corrected chi connectivity index (χ0v) is 14.4. The Kier molecular flexibility index (Phi) is 5.33. The van der Waals surface area contributed by atoms with Crippen LogP contribution in [0, 0.1) is 0 Å². The van der Waals surface area contributed by atoms with Crippen LogP contribution in [0.25, 0.3) is 11.1 Å². The van der Waals surface area contributed by atoms with E-state index >= 15 is 0 Å². The van der Waals surface area contributed by atoms with E-state index in [1.165, 1.54) is 5.56 Å². The largest absolute Gasteiger partial charge is 0.507 e. The van der Waals surface area contributed by atoms with Crippen LogP contribution >= 0.6 is 0 Å². The fraction of sp³-hybridized carbons (Fsp3) is 0.438. The lowest BCUT2D eigenvalue weighted by molar-refractivity contribution is 0.413. The van der Waals surface area contributed by atoms with Gasteiger partial charge in [0.25, 0.3) is 0 Å². The Morgan fingerprint density at radius 3 is 2.48 bits per heavy atom. The molecule has 0 spiro atoms. The van der Waals surface area contributed by atoms with E-state index in [1.54, 1.807) is 17.9 Å². The van der Waals surface area contributed by atoms with Gasteiger partial charge < -0.3 is 26.1 Å². The maximum Gasteiger partial charge on any atom is 0.160 e. The molecule has 0 radical (unpaired) electrons. The third-order valence-corrected chi connectivity index (χ3v) is 3.75. The molecular weight excluding hydrogens is 292 g/mol. The van der Waals surface area contributed by atoms with Gasteiger partial charge in [0.1, 0.15) is 5.75 Å². The van der Waals surface area contributed by atoms with Crippen molar-refractivity contribution in [2.45, 2.75) is 6.42 Å². The summed E-state index contributed by atoms with van der Waals surface area (Å²) in [5, 5.41) is 21.0. The van der Waals surface area contributed by atoms with E-state index in [0.717, 1.165) is 29.9 Å². The summed E-state index contributed by atoms with van der Waals surface area (Å²) in [6.45, 7) is 0.956. The molecule has 0 aliphatic carbocycles. The summed E-state index contributed by atoms with van der Waals surface area (Å²) in [6.07, 6.45) is 0.921. The minimum absolute atomic E-state index is 0.238. The molecule has 126 valence electrons. The topological polar surface area (TPSA) is 77.4 Å². The van der Waals surface area contributed by atoms with Crippen LogP contribution in [0.5, 0.6) is 5.75 Å². The lowest BCUT2D eigenvalue weighted by Gasteiger charge is -2.13. The Bertz CT molecular complexity index is 665. The average molecular weight is 318 g/mol. The Labute approximate surface area is 137 Å². The maximum absolute atomic E-state index is 10.4. The van der Waals surface area contributed by atoms with Crippen molar-refractivity contribution in [1.82, 2.24) is 14.8 Å². The van der Waals surface area contributed by atoms with E-state index < -0.39 is 0 Å². The molecule has 0 atom stereocenters. The normalized spacial score (nSPS) is 10.9. The lowest BCUT2D eigenvalue weighted by Crippen LogP contribution is -2.15.